The zero-order valence-corrected chi connectivity index (χ0v) is 10.3. The molecule has 0 radical (unpaired) electrons. The molecule has 0 saturated carbocycles. The number of benzene rings is 1. The average Bonchev–Trinajstić information content (AvgIpc) is 2.16. The fourth-order valence-electron chi connectivity index (χ4n) is 1.10. The molecule has 1 aromatic carbocycles. The summed E-state index contributed by atoms with van der Waals surface area (Å²) in [6.45, 7) is 0.398. The van der Waals surface area contributed by atoms with Crippen LogP contribution < -0.4 is 15.4 Å². The Morgan fingerprint density at radius 1 is 1.31 bits per heavy atom. The number of carbonyl (C=O) groups excluding carboxylic acids is 1. The number of carbonyl (C=O) groups is 1. The van der Waals surface area contributed by atoms with Crippen LogP contribution in [0.1, 0.15) is 6.42 Å². The van der Waals surface area contributed by atoms with Crippen molar-refractivity contribution < 1.29 is 16.7 Å². The Bertz CT molecular complexity index is 412. The van der Waals surface area contributed by atoms with Crippen molar-refractivity contribution in [2.24, 2.45) is 5.73 Å². The van der Waals surface area contributed by atoms with Crippen LogP contribution >= 0.6 is 0 Å². The fourth-order valence-corrected chi connectivity index (χ4v) is 2.23. The monoisotopic (exact) mass is 288 g/mol. The Hall–Kier alpha value is -1.23. The van der Waals surface area contributed by atoms with E-state index in [0.29, 0.717) is 12.2 Å². The molecule has 0 unspecified atom stereocenters. The van der Waals surface area contributed by atoms with Crippen LogP contribution in [-0.2, 0) is 8.53 Å². The maximum atomic E-state index is 10.9. The molecule has 0 aliphatic carbocycles. The zero-order chi connectivity index (χ0) is 12.2. The second-order valence-corrected chi connectivity index (χ2v) is 6.60. The summed E-state index contributed by atoms with van der Waals surface area (Å²) in [5.74, 6) is -0.400. The van der Waals surface area contributed by atoms with Crippen LogP contribution in [0.3, 0.4) is 0 Å². The molecule has 1 rings (SSSR count). The van der Waals surface area contributed by atoms with E-state index in [9.17, 15) is 8.53 Å². The van der Waals surface area contributed by atoms with Crippen molar-refractivity contribution >= 4 is 30.1 Å². The standard InChI is InChI=1S/C9H13AsN2O4/c11-9(13)5-6-12-8-3-1-7(2-4-8)10(14,15)16/h1-4,12H,5-6H2,(H2,11,13)(H2,14,15,16). The third-order valence-corrected chi connectivity index (χ3v) is 3.94. The van der Waals surface area contributed by atoms with Crippen molar-refractivity contribution in [3.8, 4) is 0 Å². The molecule has 1 amide bonds. The summed E-state index contributed by atoms with van der Waals surface area (Å²) in [6.07, 6.45) is 0.212. The number of amides is 1. The third-order valence-electron chi connectivity index (χ3n) is 1.90. The summed E-state index contributed by atoms with van der Waals surface area (Å²) in [5, 5.41) is 2.91. The molecule has 1 aromatic rings. The van der Waals surface area contributed by atoms with E-state index < -0.39 is 20.1 Å². The van der Waals surface area contributed by atoms with Crippen LogP contribution in [0.15, 0.2) is 24.3 Å². The van der Waals surface area contributed by atoms with Gasteiger partial charge in [0.2, 0.25) is 0 Å². The van der Waals surface area contributed by atoms with E-state index in [1.807, 2.05) is 0 Å². The van der Waals surface area contributed by atoms with Gasteiger partial charge in [0, 0.05) is 0 Å². The average molecular weight is 288 g/mol. The molecule has 7 heteroatoms. The van der Waals surface area contributed by atoms with Gasteiger partial charge in [-0.2, -0.15) is 0 Å². The van der Waals surface area contributed by atoms with Crippen LogP contribution in [-0.4, -0.2) is 34.8 Å². The Balaban J connectivity index is 2.58. The van der Waals surface area contributed by atoms with Crippen LogP contribution in [0, 0.1) is 0 Å². The van der Waals surface area contributed by atoms with Gasteiger partial charge < -0.3 is 0 Å². The van der Waals surface area contributed by atoms with E-state index in [-0.39, 0.29) is 10.8 Å². The number of anilines is 1. The van der Waals surface area contributed by atoms with Crippen molar-refractivity contribution in [2.75, 3.05) is 11.9 Å². The van der Waals surface area contributed by atoms with Gasteiger partial charge in [-0.1, -0.05) is 0 Å². The fraction of sp³-hybridized carbons (Fsp3) is 0.222. The number of hydrogen-bond acceptors (Lipinski definition) is 3. The Labute approximate surface area is 95.5 Å². The molecule has 0 fully saturated rings. The molecule has 16 heavy (non-hydrogen) atoms. The van der Waals surface area contributed by atoms with Gasteiger partial charge >= 0.3 is 95.1 Å². The van der Waals surface area contributed by atoms with Gasteiger partial charge in [0.15, 0.2) is 0 Å². The molecule has 0 aromatic heterocycles. The van der Waals surface area contributed by atoms with Gasteiger partial charge in [0.05, 0.1) is 0 Å². The first-order chi connectivity index (χ1) is 7.39. The normalized spacial score (nSPS) is 11.1. The van der Waals surface area contributed by atoms with Gasteiger partial charge in [-0.05, 0) is 0 Å². The number of nitrogens with one attached hydrogen (secondary N) is 1. The van der Waals surface area contributed by atoms with Gasteiger partial charge in [-0.15, -0.1) is 0 Å². The Morgan fingerprint density at radius 2 is 1.88 bits per heavy atom. The maximum absolute atomic E-state index is 10.9. The molecule has 0 spiro atoms. The predicted octanol–water partition coefficient (Wildman–Crippen LogP) is -1.47. The molecule has 0 heterocycles. The second kappa shape index (κ2) is 5.20. The van der Waals surface area contributed by atoms with E-state index in [2.05, 4.69) is 5.32 Å². The molecule has 0 atom stereocenters. The summed E-state index contributed by atoms with van der Waals surface area (Å²) >= 11 is -4.78. The first-order valence-corrected chi connectivity index (χ1v) is 7.96. The molecule has 0 bridgehead atoms. The van der Waals surface area contributed by atoms with E-state index in [1.165, 1.54) is 12.1 Å². The molecule has 0 aliphatic rings. The van der Waals surface area contributed by atoms with E-state index >= 15 is 0 Å². The van der Waals surface area contributed by atoms with Gasteiger partial charge in [-0.3, -0.25) is 0 Å². The van der Waals surface area contributed by atoms with Gasteiger partial charge in [-0.25, -0.2) is 0 Å². The molecule has 0 saturated heterocycles. The second-order valence-electron chi connectivity index (χ2n) is 3.23. The predicted molar refractivity (Wildman–Crippen MR) is 59.3 cm³/mol. The number of primary amides is 1. The quantitative estimate of drug-likeness (QED) is 0.494. The third kappa shape index (κ3) is 4.10. The minimum absolute atomic E-state index is 0.0265. The minimum atomic E-state index is -4.78. The first-order valence-electron chi connectivity index (χ1n) is 4.58. The molecule has 88 valence electrons. The number of nitrogens with two attached hydrogens (primary N) is 1. The van der Waals surface area contributed by atoms with E-state index in [1.54, 1.807) is 12.1 Å². The van der Waals surface area contributed by atoms with Crippen LogP contribution in [0.5, 0.6) is 0 Å². The zero-order valence-electron chi connectivity index (χ0n) is 8.46. The van der Waals surface area contributed by atoms with E-state index in [0.717, 1.165) is 0 Å². The van der Waals surface area contributed by atoms with Crippen molar-refractivity contribution in [2.45, 2.75) is 6.42 Å². The van der Waals surface area contributed by atoms with E-state index in [4.69, 9.17) is 13.9 Å². The number of rotatable bonds is 5. The van der Waals surface area contributed by atoms with Crippen LogP contribution in [0.4, 0.5) is 5.69 Å². The topological polar surface area (TPSA) is 113 Å². The summed E-state index contributed by atoms with van der Waals surface area (Å²) in [5.41, 5.74) is 5.65. The molecule has 5 N–H and O–H groups in total. The van der Waals surface area contributed by atoms with Gasteiger partial charge in [0.1, 0.15) is 0 Å². The summed E-state index contributed by atoms with van der Waals surface area (Å²) in [4.78, 5) is 10.5. The molecule has 0 aliphatic heterocycles. The number of hydrogen-bond donors (Lipinski definition) is 4. The Morgan fingerprint density at radius 3 is 2.31 bits per heavy atom. The van der Waals surface area contributed by atoms with Crippen LogP contribution in [0.25, 0.3) is 0 Å². The summed E-state index contributed by atoms with van der Waals surface area (Å²) < 4.78 is 28.8. The van der Waals surface area contributed by atoms with Crippen molar-refractivity contribution in [3.63, 3.8) is 0 Å². The van der Waals surface area contributed by atoms with Crippen molar-refractivity contribution in [1.82, 2.24) is 0 Å². The summed E-state index contributed by atoms with van der Waals surface area (Å²) in [6, 6.07) is 5.84. The molecule has 6 nitrogen and oxygen atoms in total. The summed E-state index contributed by atoms with van der Waals surface area (Å²) in [7, 11) is 0. The molecular weight excluding hydrogens is 275 g/mol. The van der Waals surface area contributed by atoms with Crippen LogP contribution in [0.2, 0.25) is 0 Å². The SMILES string of the molecule is NC(=O)CCNc1ccc([As](=O)(O)O)cc1. The first kappa shape index (κ1) is 12.8. The van der Waals surface area contributed by atoms with Crippen molar-refractivity contribution in [1.29, 1.82) is 0 Å². The van der Waals surface area contributed by atoms with Gasteiger partial charge in [0.25, 0.3) is 0 Å². The Kier molecular flexibility index (Phi) is 4.18. The molecular formula is C9H13AsN2O4. The van der Waals surface area contributed by atoms with Crippen molar-refractivity contribution in [3.05, 3.63) is 24.3 Å².